The summed E-state index contributed by atoms with van der Waals surface area (Å²) in [5, 5.41) is 6.36. The van der Waals surface area contributed by atoms with Gasteiger partial charge in [0, 0.05) is 32.7 Å². The van der Waals surface area contributed by atoms with Gasteiger partial charge in [-0.1, -0.05) is 30.3 Å². The number of hydrogen-bond acceptors (Lipinski definition) is 5. The molecule has 0 bridgehead atoms. The highest BCUT2D eigenvalue weighted by Gasteiger charge is 2.06. The summed E-state index contributed by atoms with van der Waals surface area (Å²) in [6.45, 7) is 0.694. The van der Waals surface area contributed by atoms with Crippen molar-refractivity contribution >= 4 is 23.3 Å². The molecule has 0 saturated carbocycles. The number of hydrogen-bond donors (Lipinski definition) is 1. The number of nitrogens with zero attached hydrogens (tertiary/aromatic N) is 5. The highest BCUT2D eigenvalue weighted by Crippen LogP contribution is 2.24. The van der Waals surface area contributed by atoms with E-state index >= 15 is 0 Å². The average molecular weight is 334 g/mol. The van der Waals surface area contributed by atoms with E-state index in [4.69, 9.17) is 0 Å². The molecule has 6 nitrogen and oxygen atoms in total. The smallest absolute Gasteiger partial charge is 0.114 e. The van der Waals surface area contributed by atoms with Crippen LogP contribution in [0.3, 0.4) is 0 Å². The Bertz CT molecular complexity index is 798. The molecule has 128 valence electrons. The largest absolute Gasteiger partial charge is 0.368 e. The van der Waals surface area contributed by atoms with Crippen molar-refractivity contribution in [2.45, 2.75) is 0 Å². The summed E-state index contributed by atoms with van der Waals surface area (Å²) in [4.78, 5) is 6.19. The molecule has 0 atom stereocenters. The zero-order chi connectivity index (χ0) is 17.5. The first-order valence-corrected chi connectivity index (χ1v) is 8.10. The molecule has 2 aromatic carbocycles. The number of aromatic nitrogens is 2. The number of imidazole rings is 1. The van der Waals surface area contributed by atoms with Crippen LogP contribution in [0.5, 0.6) is 0 Å². The summed E-state index contributed by atoms with van der Waals surface area (Å²) >= 11 is 0. The quantitative estimate of drug-likeness (QED) is 0.532. The zero-order valence-electron chi connectivity index (χ0n) is 14.4. The third-order valence-electron chi connectivity index (χ3n) is 3.81. The molecule has 0 aliphatic heterocycles. The zero-order valence-corrected chi connectivity index (χ0v) is 14.4. The summed E-state index contributed by atoms with van der Waals surface area (Å²) in [5.74, 6) is 0. The van der Waals surface area contributed by atoms with Gasteiger partial charge in [-0.15, -0.1) is 0 Å². The monoisotopic (exact) mass is 334 g/mol. The van der Waals surface area contributed by atoms with Crippen LogP contribution in [-0.2, 0) is 0 Å². The van der Waals surface area contributed by atoms with Gasteiger partial charge in [0.1, 0.15) is 6.33 Å². The van der Waals surface area contributed by atoms with E-state index in [2.05, 4.69) is 26.5 Å². The molecule has 0 aliphatic rings. The lowest BCUT2D eigenvalue weighted by Gasteiger charge is -2.22. The van der Waals surface area contributed by atoms with Crippen molar-refractivity contribution in [3.05, 3.63) is 73.3 Å². The first-order chi connectivity index (χ1) is 12.2. The number of para-hydroxylation sites is 3. The topological polar surface area (TPSA) is 48.7 Å². The molecule has 0 unspecified atom stereocenters. The first-order valence-electron chi connectivity index (χ1n) is 8.10. The van der Waals surface area contributed by atoms with E-state index in [1.54, 1.807) is 12.5 Å². The summed E-state index contributed by atoms with van der Waals surface area (Å²) in [5.41, 5.74) is 6.47. The van der Waals surface area contributed by atoms with Crippen LogP contribution in [0, 0.1) is 0 Å². The highest BCUT2D eigenvalue weighted by atomic mass is 15.4. The van der Waals surface area contributed by atoms with Crippen molar-refractivity contribution in [3.63, 3.8) is 0 Å². The van der Waals surface area contributed by atoms with Crippen molar-refractivity contribution < 1.29 is 0 Å². The van der Waals surface area contributed by atoms with Crippen LogP contribution in [0.15, 0.2) is 78.4 Å². The van der Waals surface area contributed by atoms with E-state index in [1.807, 2.05) is 84.7 Å². The van der Waals surface area contributed by atoms with Crippen LogP contribution < -0.4 is 15.3 Å². The van der Waals surface area contributed by atoms with Gasteiger partial charge in [-0.2, -0.15) is 5.10 Å². The lowest BCUT2D eigenvalue weighted by atomic mass is 10.2. The molecule has 0 amide bonds. The van der Waals surface area contributed by atoms with Gasteiger partial charge < -0.3 is 4.90 Å². The fourth-order valence-electron chi connectivity index (χ4n) is 2.46. The molecule has 1 heterocycles. The van der Waals surface area contributed by atoms with E-state index in [0.717, 1.165) is 17.1 Å². The van der Waals surface area contributed by atoms with Gasteiger partial charge in [-0.3, -0.25) is 15.1 Å². The minimum absolute atomic E-state index is 0.694. The molecule has 0 fully saturated rings. The Balaban J connectivity index is 1.65. The molecule has 1 N–H and O–H groups in total. The van der Waals surface area contributed by atoms with Crippen molar-refractivity contribution in [1.29, 1.82) is 0 Å². The molecule has 3 aromatic rings. The molecule has 0 radical (unpaired) electrons. The Labute approximate surface area is 148 Å². The second-order valence-electron chi connectivity index (χ2n) is 5.64. The molecule has 3 rings (SSSR count). The van der Waals surface area contributed by atoms with Gasteiger partial charge in [0.2, 0.25) is 0 Å². The standard InChI is InChI=1S/C19H22N6/c1-23(14-13-21-24(2)17-8-4-3-5-9-17)19-11-7-6-10-18(19)22-25-15-12-20-16-25/h3-13,15-16,22H,14H2,1-2H3/b21-13+. The summed E-state index contributed by atoms with van der Waals surface area (Å²) in [6.07, 6.45) is 7.24. The summed E-state index contributed by atoms with van der Waals surface area (Å²) in [7, 11) is 3.99. The molecule has 0 saturated heterocycles. The second-order valence-corrected chi connectivity index (χ2v) is 5.64. The van der Waals surface area contributed by atoms with E-state index in [-0.39, 0.29) is 0 Å². The third kappa shape index (κ3) is 4.38. The normalized spacial score (nSPS) is 10.8. The molecule has 25 heavy (non-hydrogen) atoms. The Morgan fingerprint density at radius 1 is 1.08 bits per heavy atom. The van der Waals surface area contributed by atoms with Crippen molar-refractivity contribution in [1.82, 2.24) is 9.66 Å². The third-order valence-corrected chi connectivity index (χ3v) is 3.81. The van der Waals surface area contributed by atoms with Crippen molar-refractivity contribution in [3.8, 4) is 0 Å². The maximum Gasteiger partial charge on any atom is 0.114 e. The number of nitrogens with one attached hydrogen (secondary N) is 1. The molecular formula is C19H22N6. The predicted octanol–water partition coefficient (Wildman–Crippen LogP) is 3.32. The number of rotatable bonds is 7. The Morgan fingerprint density at radius 3 is 2.60 bits per heavy atom. The van der Waals surface area contributed by atoms with Gasteiger partial charge in [0.15, 0.2) is 0 Å². The maximum atomic E-state index is 4.50. The van der Waals surface area contributed by atoms with E-state index in [1.165, 1.54) is 0 Å². The average Bonchev–Trinajstić information content (AvgIpc) is 3.16. The number of anilines is 3. The van der Waals surface area contributed by atoms with E-state index in [9.17, 15) is 0 Å². The van der Waals surface area contributed by atoms with Crippen LogP contribution >= 0.6 is 0 Å². The lowest BCUT2D eigenvalue weighted by Crippen LogP contribution is -2.22. The van der Waals surface area contributed by atoms with Gasteiger partial charge in [0.25, 0.3) is 0 Å². The molecule has 0 aliphatic carbocycles. The lowest BCUT2D eigenvalue weighted by molar-refractivity contribution is 0.946. The van der Waals surface area contributed by atoms with Crippen molar-refractivity contribution in [2.75, 3.05) is 36.0 Å². The number of benzene rings is 2. The van der Waals surface area contributed by atoms with Crippen LogP contribution in [0.1, 0.15) is 0 Å². The van der Waals surface area contributed by atoms with Crippen LogP contribution in [0.4, 0.5) is 17.1 Å². The van der Waals surface area contributed by atoms with E-state index in [0.29, 0.717) is 6.54 Å². The van der Waals surface area contributed by atoms with Crippen LogP contribution in [0.2, 0.25) is 0 Å². The van der Waals surface area contributed by atoms with Gasteiger partial charge in [-0.25, -0.2) is 4.98 Å². The SMILES string of the molecule is CN(C/C=N/N(C)c1ccccc1)c1ccccc1Nn1ccnc1. The Kier molecular flexibility index (Phi) is 5.31. The van der Waals surface area contributed by atoms with Crippen LogP contribution in [0.25, 0.3) is 0 Å². The minimum Gasteiger partial charge on any atom is -0.368 e. The van der Waals surface area contributed by atoms with Gasteiger partial charge in [0.05, 0.1) is 23.6 Å². The minimum atomic E-state index is 0.694. The molecular weight excluding hydrogens is 312 g/mol. The van der Waals surface area contributed by atoms with Crippen molar-refractivity contribution in [2.24, 2.45) is 5.10 Å². The van der Waals surface area contributed by atoms with Gasteiger partial charge in [-0.05, 0) is 24.3 Å². The number of hydrazone groups is 1. The fourth-order valence-corrected chi connectivity index (χ4v) is 2.46. The van der Waals surface area contributed by atoms with E-state index < -0.39 is 0 Å². The Morgan fingerprint density at radius 2 is 1.84 bits per heavy atom. The summed E-state index contributed by atoms with van der Waals surface area (Å²) in [6, 6.07) is 18.2. The fraction of sp³-hybridized carbons (Fsp3) is 0.158. The van der Waals surface area contributed by atoms with Crippen LogP contribution in [-0.4, -0.2) is 36.5 Å². The molecule has 1 aromatic heterocycles. The maximum absolute atomic E-state index is 4.50. The molecule has 0 spiro atoms. The second kappa shape index (κ2) is 8.01. The Hall–Kier alpha value is -3.28. The first kappa shape index (κ1) is 16.6. The molecule has 6 heteroatoms. The highest BCUT2D eigenvalue weighted by molar-refractivity contribution is 5.74. The predicted molar refractivity (Wildman–Crippen MR) is 104 cm³/mol. The van der Waals surface area contributed by atoms with Gasteiger partial charge >= 0.3 is 0 Å². The summed E-state index contributed by atoms with van der Waals surface area (Å²) < 4.78 is 1.82.